The first-order valence-corrected chi connectivity index (χ1v) is 11.2. The molecule has 7 heteroatoms. The number of benzene rings is 3. The first-order valence-electron chi connectivity index (χ1n) is 10.8. The van der Waals surface area contributed by atoms with Crippen molar-refractivity contribution < 1.29 is 18.9 Å². The molecule has 1 atom stereocenters. The summed E-state index contributed by atoms with van der Waals surface area (Å²) in [6.45, 7) is 1.18. The second-order valence-corrected chi connectivity index (χ2v) is 8.03. The molecule has 6 nitrogen and oxygen atoms in total. The Morgan fingerprint density at radius 3 is 2.24 bits per heavy atom. The molecule has 0 unspecified atom stereocenters. The van der Waals surface area contributed by atoms with E-state index in [1.807, 2.05) is 60.7 Å². The molecule has 0 amide bonds. The van der Waals surface area contributed by atoms with E-state index in [2.05, 4.69) is 16.3 Å². The molecule has 3 aromatic rings. The molecule has 3 aromatic carbocycles. The van der Waals surface area contributed by atoms with Crippen molar-refractivity contribution >= 4 is 23.0 Å². The summed E-state index contributed by atoms with van der Waals surface area (Å²) in [6, 6.07) is 21.5. The van der Waals surface area contributed by atoms with Crippen LogP contribution in [-0.4, -0.2) is 44.5 Å². The van der Waals surface area contributed by atoms with Crippen LogP contribution in [0.3, 0.4) is 0 Å². The van der Waals surface area contributed by atoms with Gasteiger partial charge in [0.05, 0.1) is 27.4 Å². The van der Waals surface area contributed by atoms with Crippen LogP contribution in [0.4, 0.5) is 5.69 Å². The van der Waals surface area contributed by atoms with E-state index in [-0.39, 0.29) is 6.04 Å². The summed E-state index contributed by atoms with van der Waals surface area (Å²) in [6.07, 6.45) is 0.839. The number of para-hydroxylation sites is 1. The Kier molecular flexibility index (Phi) is 7.19. The van der Waals surface area contributed by atoms with Crippen molar-refractivity contribution in [1.29, 1.82) is 0 Å². The maximum Gasteiger partial charge on any atom is 0.174 e. The molecule has 0 fully saturated rings. The number of hydrogen-bond donors (Lipinski definition) is 1. The fraction of sp³-hybridized carbons (Fsp3) is 0.269. The molecule has 172 valence electrons. The predicted molar refractivity (Wildman–Crippen MR) is 134 cm³/mol. The van der Waals surface area contributed by atoms with Gasteiger partial charge in [0.15, 0.2) is 16.6 Å². The predicted octanol–water partition coefficient (Wildman–Crippen LogP) is 5.09. The van der Waals surface area contributed by atoms with Crippen LogP contribution in [0.1, 0.15) is 17.2 Å². The highest BCUT2D eigenvalue weighted by Crippen LogP contribution is 2.38. The third-order valence-corrected chi connectivity index (χ3v) is 6.09. The van der Waals surface area contributed by atoms with Gasteiger partial charge >= 0.3 is 0 Å². The molecule has 0 spiro atoms. The molecule has 1 N–H and O–H groups in total. The summed E-state index contributed by atoms with van der Waals surface area (Å²) in [7, 11) is 4.95. The molecule has 0 aromatic heterocycles. The van der Waals surface area contributed by atoms with Gasteiger partial charge in [-0.25, -0.2) is 0 Å². The van der Waals surface area contributed by atoms with Gasteiger partial charge in [-0.05, 0) is 78.3 Å². The summed E-state index contributed by atoms with van der Waals surface area (Å²) in [5.74, 6) is 2.97. The summed E-state index contributed by atoms with van der Waals surface area (Å²) in [4.78, 5) is 2.18. The third-order valence-electron chi connectivity index (χ3n) is 5.76. The Morgan fingerprint density at radius 2 is 1.58 bits per heavy atom. The third kappa shape index (κ3) is 5.14. The number of nitrogens with zero attached hydrogens (tertiary/aromatic N) is 1. The second-order valence-electron chi connectivity index (χ2n) is 7.65. The zero-order valence-corrected chi connectivity index (χ0v) is 19.9. The summed E-state index contributed by atoms with van der Waals surface area (Å²) in [5.41, 5.74) is 3.27. The minimum absolute atomic E-state index is 0.0978. The monoisotopic (exact) mass is 464 g/mol. The maximum absolute atomic E-state index is 6.21. The minimum Gasteiger partial charge on any atom is -0.497 e. The number of anilines is 1. The first kappa shape index (κ1) is 22.7. The van der Waals surface area contributed by atoms with Gasteiger partial charge in [0.1, 0.15) is 18.1 Å². The van der Waals surface area contributed by atoms with Crippen LogP contribution in [-0.2, 0) is 6.42 Å². The molecule has 0 saturated carbocycles. The van der Waals surface area contributed by atoms with Crippen LogP contribution in [0, 0.1) is 0 Å². The van der Waals surface area contributed by atoms with Crippen molar-refractivity contribution in [2.45, 2.75) is 12.5 Å². The zero-order chi connectivity index (χ0) is 23.2. The zero-order valence-electron chi connectivity index (χ0n) is 19.0. The number of ether oxygens (including phenoxy) is 4. The SMILES string of the molecule is COc1ccc(OC[C@H]2c3cc(OC)c(OC)cc3CCN2C(=S)Nc2ccccc2)cc1. The topological polar surface area (TPSA) is 52.2 Å². The molecule has 0 radical (unpaired) electrons. The highest BCUT2D eigenvalue weighted by molar-refractivity contribution is 7.80. The lowest BCUT2D eigenvalue weighted by Crippen LogP contribution is -2.44. The van der Waals surface area contributed by atoms with E-state index in [9.17, 15) is 0 Å². The summed E-state index contributed by atoms with van der Waals surface area (Å²) in [5, 5.41) is 4.02. The van der Waals surface area contributed by atoms with Crippen LogP contribution >= 0.6 is 12.2 Å². The van der Waals surface area contributed by atoms with E-state index < -0.39 is 0 Å². The van der Waals surface area contributed by atoms with Crippen molar-refractivity contribution in [3.05, 3.63) is 77.9 Å². The van der Waals surface area contributed by atoms with Gasteiger partial charge in [-0.1, -0.05) is 18.2 Å². The Morgan fingerprint density at radius 1 is 0.909 bits per heavy atom. The number of fused-ring (bicyclic) bond motifs is 1. The average molecular weight is 465 g/mol. The van der Waals surface area contributed by atoms with Crippen molar-refractivity contribution in [2.75, 3.05) is 39.8 Å². The quantitative estimate of drug-likeness (QED) is 0.489. The molecule has 0 bridgehead atoms. The molecular formula is C26H28N2O4S. The Hall–Kier alpha value is -3.45. The van der Waals surface area contributed by atoms with Crippen LogP contribution in [0.2, 0.25) is 0 Å². The van der Waals surface area contributed by atoms with Crippen LogP contribution in [0.25, 0.3) is 0 Å². The van der Waals surface area contributed by atoms with Crippen molar-refractivity contribution in [3.63, 3.8) is 0 Å². The maximum atomic E-state index is 6.21. The molecule has 1 heterocycles. The number of rotatable bonds is 7. The molecule has 1 aliphatic rings. The van der Waals surface area contributed by atoms with Gasteiger partial charge in [-0.2, -0.15) is 0 Å². The van der Waals surface area contributed by atoms with E-state index >= 15 is 0 Å². The lowest BCUT2D eigenvalue weighted by molar-refractivity contribution is 0.190. The van der Waals surface area contributed by atoms with Gasteiger partial charge in [0.25, 0.3) is 0 Å². The number of hydrogen-bond acceptors (Lipinski definition) is 5. The molecule has 0 saturated heterocycles. The Balaban J connectivity index is 1.63. The molecule has 4 rings (SSSR count). The molecule has 0 aliphatic carbocycles. The van der Waals surface area contributed by atoms with E-state index in [1.165, 1.54) is 5.56 Å². The first-order chi connectivity index (χ1) is 16.1. The standard InChI is InChI=1S/C26H28N2O4S/c1-29-20-9-11-21(12-10-20)32-17-23-22-16-25(31-3)24(30-2)15-18(22)13-14-28(23)26(33)27-19-7-5-4-6-8-19/h4-12,15-16,23H,13-14,17H2,1-3H3,(H,27,33)/t23-/m0/s1. The van der Waals surface area contributed by atoms with E-state index in [4.69, 9.17) is 31.2 Å². The minimum atomic E-state index is -0.0978. The highest BCUT2D eigenvalue weighted by atomic mass is 32.1. The van der Waals surface area contributed by atoms with E-state index in [0.717, 1.165) is 41.5 Å². The molecule has 33 heavy (non-hydrogen) atoms. The number of nitrogens with one attached hydrogen (secondary N) is 1. The van der Waals surface area contributed by atoms with Gasteiger partial charge in [-0.15, -0.1) is 0 Å². The van der Waals surface area contributed by atoms with E-state index in [1.54, 1.807) is 21.3 Å². The van der Waals surface area contributed by atoms with Gasteiger partial charge < -0.3 is 29.2 Å². The van der Waals surface area contributed by atoms with Gasteiger partial charge in [0.2, 0.25) is 0 Å². The average Bonchev–Trinajstić information content (AvgIpc) is 2.87. The lowest BCUT2D eigenvalue weighted by Gasteiger charge is -2.39. The largest absolute Gasteiger partial charge is 0.497 e. The van der Waals surface area contributed by atoms with Gasteiger partial charge in [0, 0.05) is 12.2 Å². The second kappa shape index (κ2) is 10.4. The molecular weight excluding hydrogens is 436 g/mol. The Bertz CT molecular complexity index is 1090. The van der Waals surface area contributed by atoms with E-state index in [0.29, 0.717) is 17.5 Å². The fourth-order valence-corrected chi connectivity index (χ4v) is 4.35. The normalized spacial score (nSPS) is 14.8. The highest BCUT2D eigenvalue weighted by Gasteiger charge is 2.31. The summed E-state index contributed by atoms with van der Waals surface area (Å²) < 4.78 is 22.6. The van der Waals surface area contributed by atoms with Crippen LogP contribution < -0.4 is 24.3 Å². The van der Waals surface area contributed by atoms with Crippen LogP contribution in [0.5, 0.6) is 23.0 Å². The number of thiocarbonyl (C=S) groups is 1. The van der Waals surface area contributed by atoms with Gasteiger partial charge in [-0.3, -0.25) is 0 Å². The lowest BCUT2D eigenvalue weighted by atomic mass is 9.92. The van der Waals surface area contributed by atoms with Crippen molar-refractivity contribution in [3.8, 4) is 23.0 Å². The molecule has 1 aliphatic heterocycles. The van der Waals surface area contributed by atoms with Crippen molar-refractivity contribution in [2.24, 2.45) is 0 Å². The number of methoxy groups -OCH3 is 3. The fourth-order valence-electron chi connectivity index (χ4n) is 4.01. The van der Waals surface area contributed by atoms with Crippen LogP contribution in [0.15, 0.2) is 66.7 Å². The van der Waals surface area contributed by atoms with Crippen molar-refractivity contribution in [1.82, 2.24) is 4.90 Å². The smallest absolute Gasteiger partial charge is 0.174 e. The summed E-state index contributed by atoms with van der Waals surface area (Å²) >= 11 is 5.82. The Labute approximate surface area is 200 Å².